The maximum Gasteiger partial charge on any atom is 0.334 e. The standard InChI is InChI=1S/C12H21N3O6/c1-8(10(16)13-3-5-20-2)14-12(19)15-4-6-21-9(7-15)11(17)18/h8-9H,3-7H2,1-2H3,(H,13,16)(H,14,19)(H,17,18). The number of nitrogens with zero attached hydrogens (tertiary/aromatic N) is 1. The van der Waals surface area contributed by atoms with Crippen LogP contribution >= 0.6 is 0 Å². The molecule has 0 spiro atoms. The minimum absolute atomic E-state index is 0.0425. The fourth-order valence-corrected chi connectivity index (χ4v) is 1.75. The molecule has 0 aliphatic carbocycles. The predicted molar refractivity (Wildman–Crippen MR) is 71.8 cm³/mol. The number of aliphatic carboxylic acids is 1. The summed E-state index contributed by atoms with van der Waals surface area (Å²) in [6.45, 7) is 2.69. The highest BCUT2D eigenvalue weighted by molar-refractivity contribution is 5.87. The van der Waals surface area contributed by atoms with Gasteiger partial charge in [-0.2, -0.15) is 0 Å². The molecule has 1 heterocycles. The van der Waals surface area contributed by atoms with Crippen molar-refractivity contribution in [3.8, 4) is 0 Å². The van der Waals surface area contributed by atoms with Gasteiger partial charge in [0.1, 0.15) is 6.04 Å². The van der Waals surface area contributed by atoms with Gasteiger partial charge in [0.15, 0.2) is 6.10 Å². The monoisotopic (exact) mass is 303 g/mol. The lowest BCUT2D eigenvalue weighted by molar-refractivity contribution is -0.154. The second kappa shape index (κ2) is 8.42. The molecule has 0 bridgehead atoms. The van der Waals surface area contributed by atoms with E-state index in [1.165, 1.54) is 12.0 Å². The van der Waals surface area contributed by atoms with Crippen molar-refractivity contribution in [2.24, 2.45) is 0 Å². The van der Waals surface area contributed by atoms with E-state index in [4.69, 9.17) is 14.6 Å². The molecular weight excluding hydrogens is 282 g/mol. The van der Waals surface area contributed by atoms with E-state index in [2.05, 4.69) is 10.6 Å². The van der Waals surface area contributed by atoms with Crippen LogP contribution in [0.1, 0.15) is 6.92 Å². The van der Waals surface area contributed by atoms with Gasteiger partial charge in [-0.1, -0.05) is 0 Å². The minimum Gasteiger partial charge on any atom is -0.479 e. The number of ether oxygens (including phenoxy) is 2. The largest absolute Gasteiger partial charge is 0.479 e. The van der Waals surface area contributed by atoms with Gasteiger partial charge < -0.3 is 30.1 Å². The first-order chi connectivity index (χ1) is 9.95. The Morgan fingerprint density at radius 2 is 2.19 bits per heavy atom. The number of amides is 3. The number of carbonyl (C=O) groups excluding carboxylic acids is 2. The van der Waals surface area contributed by atoms with E-state index >= 15 is 0 Å². The van der Waals surface area contributed by atoms with E-state index in [9.17, 15) is 14.4 Å². The topological polar surface area (TPSA) is 117 Å². The lowest BCUT2D eigenvalue weighted by Crippen LogP contribution is -2.55. The molecule has 1 fully saturated rings. The molecule has 3 N–H and O–H groups in total. The van der Waals surface area contributed by atoms with Crippen molar-refractivity contribution >= 4 is 17.9 Å². The summed E-state index contributed by atoms with van der Waals surface area (Å²) < 4.78 is 9.83. The van der Waals surface area contributed by atoms with Crippen LogP contribution in [0.4, 0.5) is 4.79 Å². The number of urea groups is 1. The number of carboxylic acid groups (broad SMARTS) is 1. The summed E-state index contributed by atoms with van der Waals surface area (Å²) in [6.07, 6.45) is -1.03. The molecule has 0 aromatic rings. The van der Waals surface area contributed by atoms with Crippen LogP contribution in [0.3, 0.4) is 0 Å². The molecule has 9 heteroatoms. The first-order valence-corrected chi connectivity index (χ1v) is 6.62. The number of hydrogen-bond acceptors (Lipinski definition) is 5. The van der Waals surface area contributed by atoms with E-state index in [1.807, 2.05) is 0 Å². The maximum absolute atomic E-state index is 12.0. The number of carbonyl (C=O) groups is 3. The minimum atomic E-state index is -1.11. The zero-order valence-electron chi connectivity index (χ0n) is 12.1. The second-order valence-corrected chi connectivity index (χ2v) is 4.60. The van der Waals surface area contributed by atoms with E-state index in [1.54, 1.807) is 6.92 Å². The molecule has 1 aliphatic heterocycles. The molecule has 0 saturated carbocycles. The fraction of sp³-hybridized carbons (Fsp3) is 0.750. The van der Waals surface area contributed by atoms with Crippen LogP contribution in [0.5, 0.6) is 0 Å². The normalized spacial score (nSPS) is 19.7. The lowest BCUT2D eigenvalue weighted by Gasteiger charge is -2.31. The van der Waals surface area contributed by atoms with E-state index in [-0.39, 0.29) is 25.6 Å². The molecular formula is C12H21N3O6. The first-order valence-electron chi connectivity index (χ1n) is 6.62. The van der Waals surface area contributed by atoms with Crippen molar-refractivity contribution in [2.75, 3.05) is 40.0 Å². The zero-order chi connectivity index (χ0) is 15.8. The van der Waals surface area contributed by atoms with Gasteiger partial charge in [0.05, 0.1) is 19.8 Å². The Kier molecular flexibility index (Phi) is 6.89. The van der Waals surface area contributed by atoms with Crippen LogP contribution < -0.4 is 10.6 Å². The van der Waals surface area contributed by atoms with Crippen LogP contribution in [0, 0.1) is 0 Å². The highest BCUT2D eigenvalue weighted by Gasteiger charge is 2.30. The number of nitrogens with one attached hydrogen (secondary N) is 2. The first kappa shape index (κ1) is 17.2. The molecule has 21 heavy (non-hydrogen) atoms. The molecule has 0 aromatic heterocycles. The van der Waals surface area contributed by atoms with Crippen LogP contribution in [-0.4, -0.2) is 80.0 Å². The molecule has 0 aromatic carbocycles. The third-order valence-electron chi connectivity index (χ3n) is 2.97. The Labute approximate surface area is 122 Å². The van der Waals surface area contributed by atoms with Gasteiger partial charge in [0.2, 0.25) is 5.91 Å². The van der Waals surface area contributed by atoms with Crippen molar-refractivity contribution in [2.45, 2.75) is 19.1 Å². The Bertz CT molecular complexity index is 389. The molecule has 120 valence electrons. The summed E-state index contributed by atoms with van der Waals surface area (Å²) in [5.41, 5.74) is 0. The average Bonchev–Trinajstić information content (AvgIpc) is 2.47. The molecule has 1 rings (SSSR count). The summed E-state index contributed by atoms with van der Waals surface area (Å²) in [5, 5.41) is 14.0. The molecule has 9 nitrogen and oxygen atoms in total. The van der Waals surface area contributed by atoms with Gasteiger partial charge >= 0.3 is 12.0 Å². The summed E-state index contributed by atoms with van der Waals surface area (Å²) in [4.78, 5) is 35.8. The van der Waals surface area contributed by atoms with Crippen molar-refractivity contribution < 1.29 is 29.0 Å². The number of hydrogen-bond donors (Lipinski definition) is 3. The molecule has 0 radical (unpaired) electrons. The van der Waals surface area contributed by atoms with Gasteiger partial charge in [-0.3, -0.25) is 4.79 Å². The SMILES string of the molecule is COCCNC(=O)C(C)NC(=O)N1CCOC(C(=O)O)C1. The van der Waals surface area contributed by atoms with Crippen LogP contribution in [0.25, 0.3) is 0 Å². The highest BCUT2D eigenvalue weighted by Crippen LogP contribution is 2.05. The smallest absolute Gasteiger partial charge is 0.334 e. The highest BCUT2D eigenvalue weighted by atomic mass is 16.5. The van der Waals surface area contributed by atoms with Gasteiger partial charge in [-0.15, -0.1) is 0 Å². The van der Waals surface area contributed by atoms with Crippen molar-refractivity contribution in [3.05, 3.63) is 0 Å². The fourth-order valence-electron chi connectivity index (χ4n) is 1.75. The third-order valence-corrected chi connectivity index (χ3v) is 2.97. The quantitative estimate of drug-likeness (QED) is 0.521. The van der Waals surface area contributed by atoms with E-state index < -0.39 is 24.1 Å². The van der Waals surface area contributed by atoms with Gasteiger partial charge in [-0.25, -0.2) is 9.59 Å². The van der Waals surface area contributed by atoms with Crippen molar-refractivity contribution in [3.63, 3.8) is 0 Å². The van der Waals surface area contributed by atoms with Crippen LogP contribution in [0.15, 0.2) is 0 Å². The average molecular weight is 303 g/mol. The lowest BCUT2D eigenvalue weighted by atomic mass is 10.2. The Balaban J connectivity index is 2.41. The number of rotatable bonds is 6. The predicted octanol–water partition coefficient (Wildman–Crippen LogP) is -1.37. The summed E-state index contributed by atoms with van der Waals surface area (Å²) in [5.74, 6) is -1.44. The Morgan fingerprint density at radius 3 is 2.81 bits per heavy atom. The summed E-state index contributed by atoms with van der Waals surface area (Å²) in [6, 6.07) is -1.21. The molecule has 2 atom stereocenters. The van der Waals surface area contributed by atoms with Crippen LogP contribution in [-0.2, 0) is 19.1 Å². The summed E-state index contributed by atoms with van der Waals surface area (Å²) >= 11 is 0. The van der Waals surface area contributed by atoms with E-state index in [0.29, 0.717) is 13.2 Å². The molecule has 3 amide bonds. The van der Waals surface area contributed by atoms with Gasteiger partial charge in [0, 0.05) is 20.2 Å². The molecule has 1 saturated heterocycles. The van der Waals surface area contributed by atoms with Crippen molar-refractivity contribution in [1.29, 1.82) is 0 Å². The number of morpholine rings is 1. The third kappa shape index (κ3) is 5.56. The number of carboxylic acids is 1. The molecule has 2 unspecified atom stereocenters. The molecule has 1 aliphatic rings. The second-order valence-electron chi connectivity index (χ2n) is 4.60. The van der Waals surface area contributed by atoms with Gasteiger partial charge in [-0.05, 0) is 6.92 Å². The van der Waals surface area contributed by atoms with Crippen LogP contribution in [0.2, 0.25) is 0 Å². The Hall–Kier alpha value is -1.87. The van der Waals surface area contributed by atoms with Gasteiger partial charge in [0.25, 0.3) is 0 Å². The zero-order valence-corrected chi connectivity index (χ0v) is 12.1. The number of methoxy groups -OCH3 is 1. The summed E-state index contributed by atoms with van der Waals surface area (Å²) in [7, 11) is 1.52. The Morgan fingerprint density at radius 1 is 1.48 bits per heavy atom. The van der Waals surface area contributed by atoms with E-state index in [0.717, 1.165) is 0 Å². The maximum atomic E-state index is 12.0. The van der Waals surface area contributed by atoms with Crippen molar-refractivity contribution in [1.82, 2.24) is 15.5 Å².